The number of sulfonamides is 1. The second-order valence-corrected chi connectivity index (χ2v) is 9.06. The molecule has 1 aromatic heterocycles. The maximum absolute atomic E-state index is 12.3. The molecule has 0 spiro atoms. The van der Waals surface area contributed by atoms with Crippen molar-refractivity contribution in [3.05, 3.63) is 45.8 Å². The average Bonchev–Trinajstić information content (AvgIpc) is 3.05. The Morgan fingerprint density at radius 2 is 1.62 bits per heavy atom. The topological polar surface area (TPSA) is 154 Å². The molecule has 0 unspecified atom stereocenters. The maximum atomic E-state index is 12.3. The number of methoxy groups -OCH3 is 2. The normalized spacial score (nSPS) is 10.8. The molecule has 0 aliphatic heterocycles. The number of carbonyl (C=O) groups is 4. The van der Waals surface area contributed by atoms with E-state index >= 15 is 0 Å². The van der Waals surface area contributed by atoms with E-state index in [1.807, 2.05) is 0 Å². The van der Waals surface area contributed by atoms with Crippen LogP contribution in [0.1, 0.15) is 36.0 Å². The quantitative estimate of drug-likeness (QED) is 0.421. The Kier molecular flexibility index (Phi) is 7.94. The summed E-state index contributed by atoms with van der Waals surface area (Å²) in [4.78, 5) is 48.8. The molecule has 1 amide bonds. The second-order valence-electron chi connectivity index (χ2n) is 6.29. The predicted octanol–water partition coefficient (Wildman–Crippen LogP) is 1.80. The third-order valence-electron chi connectivity index (χ3n) is 3.94. The van der Waals surface area contributed by atoms with Gasteiger partial charge in [0.15, 0.2) is 6.61 Å². The summed E-state index contributed by atoms with van der Waals surface area (Å²) in [6.07, 6.45) is 0.924. The van der Waals surface area contributed by atoms with Crippen LogP contribution in [0, 0.1) is 6.92 Å². The van der Waals surface area contributed by atoms with Crippen molar-refractivity contribution in [1.82, 2.24) is 0 Å². The van der Waals surface area contributed by atoms with Crippen LogP contribution in [0.15, 0.2) is 24.3 Å². The molecule has 0 saturated carbocycles. The molecule has 0 atom stereocenters. The standard InChI is InChI=1S/C19H20N2O9S2/c1-10-14(18(24)28-2)16(31-15(10)19(25)29-3)20-13(22)9-30-17(23)11-7-5-6-8-12(11)21-32(4,26)27/h5-8,21H,9H2,1-4H3,(H,20,22). The number of hydrogen-bond donors (Lipinski definition) is 2. The van der Waals surface area contributed by atoms with Gasteiger partial charge in [-0.1, -0.05) is 12.1 Å². The minimum Gasteiger partial charge on any atom is -0.465 e. The van der Waals surface area contributed by atoms with E-state index < -0.39 is 40.4 Å². The third kappa shape index (κ3) is 6.04. The molecule has 2 aromatic rings. The van der Waals surface area contributed by atoms with E-state index in [0.29, 0.717) is 0 Å². The van der Waals surface area contributed by atoms with Gasteiger partial charge in [0, 0.05) is 0 Å². The van der Waals surface area contributed by atoms with Crippen LogP contribution in [0.5, 0.6) is 0 Å². The van der Waals surface area contributed by atoms with Crippen LogP contribution < -0.4 is 10.0 Å². The molecule has 11 nitrogen and oxygen atoms in total. The number of para-hydroxylation sites is 1. The highest BCUT2D eigenvalue weighted by molar-refractivity contribution is 7.92. The molecule has 2 N–H and O–H groups in total. The molecule has 32 heavy (non-hydrogen) atoms. The molecular formula is C19H20N2O9S2. The molecule has 1 heterocycles. The first-order chi connectivity index (χ1) is 15.0. The lowest BCUT2D eigenvalue weighted by atomic mass is 10.1. The van der Waals surface area contributed by atoms with Crippen molar-refractivity contribution in [2.45, 2.75) is 6.92 Å². The second kappa shape index (κ2) is 10.2. The highest BCUT2D eigenvalue weighted by atomic mass is 32.2. The van der Waals surface area contributed by atoms with Crippen LogP contribution in [0.2, 0.25) is 0 Å². The maximum Gasteiger partial charge on any atom is 0.348 e. The molecule has 0 radical (unpaired) electrons. The van der Waals surface area contributed by atoms with E-state index in [4.69, 9.17) is 9.47 Å². The molecule has 0 fully saturated rings. The van der Waals surface area contributed by atoms with E-state index in [9.17, 15) is 27.6 Å². The lowest BCUT2D eigenvalue weighted by Gasteiger charge is -2.10. The van der Waals surface area contributed by atoms with Crippen molar-refractivity contribution >= 4 is 55.9 Å². The summed E-state index contributed by atoms with van der Waals surface area (Å²) < 4.78 is 39.4. The number of anilines is 2. The van der Waals surface area contributed by atoms with Crippen LogP contribution in [0.4, 0.5) is 10.7 Å². The summed E-state index contributed by atoms with van der Waals surface area (Å²) >= 11 is 0.806. The number of benzene rings is 1. The molecule has 2 rings (SSSR count). The van der Waals surface area contributed by atoms with Gasteiger partial charge >= 0.3 is 17.9 Å². The molecule has 13 heteroatoms. The molecule has 0 bridgehead atoms. The number of amides is 1. The molecule has 0 aliphatic rings. The van der Waals surface area contributed by atoms with E-state index in [-0.39, 0.29) is 32.3 Å². The summed E-state index contributed by atoms with van der Waals surface area (Å²) in [5.41, 5.74) is 0.132. The van der Waals surface area contributed by atoms with E-state index in [1.54, 1.807) is 0 Å². The van der Waals surface area contributed by atoms with Gasteiger partial charge in [-0.2, -0.15) is 0 Å². The Balaban J connectivity index is 2.17. The zero-order valence-corrected chi connectivity index (χ0v) is 19.1. The first-order valence-electron chi connectivity index (χ1n) is 8.82. The Labute approximate surface area is 187 Å². The van der Waals surface area contributed by atoms with Crippen molar-refractivity contribution in [2.75, 3.05) is 37.1 Å². The number of thiophene rings is 1. The minimum atomic E-state index is -3.65. The van der Waals surface area contributed by atoms with E-state index in [2.05, 4.69) is 14.8 Å². The van der Waals surface area contributed by atoms with Crippen molar-refractivity contribution in [3.63, 3.8) is 0 Å². The highest BCUT2D eigenvalue weighted by Crippen LogP contribution is 2.34. The van der Waals surface area contributed by atoms with Crippen LogP contribution in [0.25, 0.3) is 0 Å². The van der Waals surface area contributed by atoms with Gasteiger partial charge in [-0.3, -0.25) is 9.52 Å². The number of ether oxygens (including phenoxy) is 3. The summed E-state index contributed by atoms with van der Waals surface area (Å²) in [6, 6.07) is 5.70. The first-order valence-corrected chi connectivity index (χ1v) is 11.5. The fourth-order valence-electron chi connectivity index (χ4n) is 2.56. The number of rotatable bonds is 8. The largest absolute Gasteiger partial charge is 0.465 e. The summed E-state index contributed by atoms with van der Waals surface area (Å²) in [5, 5.41) is 2.43. The van der Waals surface area contributed by atoms with E-state index in [1.165, 1.54) is 38.3 Å². The van der Waals surface area contributed by atoms with Gasteiger partial charge in [0.1, 0.15) is 9.88 Å². The zero-order valence-electron chi connectivity index (χ0n) is 17.5. The first kappa shape index (κ1) is 24.8. The van der Waals surface area contributed by atoms with Crippen molar-refractivity contribution in [3.8, 4) is 0 Å². The highest BCUT2D eigenvalue weighted by Gasteiger charge is 2.27. The summed E-state index contributed by atoms with van der Waals surface area (Å²) in [7, 11) is -1.33. The Bertz CT molecular complexity index is 1170. The zero-order chi connectivity index (χ0) is 24.1. The number of nitrogens with one attached hydrogen (secondary N) is 2. The van der Waals surface area contributed by atoms with Crippen LogP contribution in [-0.4, -0.2) is 59.3 Å². The van der Waals surface area contributed by atoms with Gasteiger partial charge in [-0.15, -0.1) is 11.3 Å². The van der Waals surface area contributed by atoms with Crippen molar-refractivity contribution in [2.24, 2.45) is 0 Å². The summed E-state index contributed by atoms with van der Waals surface area (Å²) in [5.74, 6) is -3.21. The Morgan fingerprint density at radius 1 is 1.00 bits per heavy atom. The molecule has 1 aromatic carbocycles. The number of hydrogen-bond acceptors (Lipinski definition) is 10. The van der Waals surface area contributed by atoms with Gasteiger partial charge in [0.25, 0.3) is 5.91 Å². The van der Waals surface area contributed by atoms with Crippen LogP contribution >= 0.6 is 11.3 Å². The van der Waals surface area contributed by atoms with Crippen LogP contribution in [0.3, 0.4) is 0 Å². The van der Waals surface area contributed by atoms with Gasteiger partial charge in [0.2, 0.25) is 10.0 Å². The van der Waals surface area contributed by atoms with Gasteiger partial charge in [0.05, 0.1) is 37.3 Å². The minimum absolute atomic E-state index is 0.00927. The average molecular weight is 485 g/mol. The number of carbonyl (C=O) groups excluding carboxylic acids is 4. The van der Waals surface area contributed by atoms with Gasteiger partial charge < -0.3 is 19.5 Å². The molecule has 0 aliphatic carbocycles. The molecule has 0 saturated heterocycles. The molecule has 172 valence electrons. The number of esters is 3. The lowest BCUT2D eigenvalue weighted by molar-refractivity contribution is -0.119. The van der Waals surface area contributed by atoms with E-state index in [0.717, 1.165) is 24.7 Å². The molecular weight excluding hydrogens is 464 g/mol. The van der Waals surface area contributed by atoms with Crippen molar-refractivity contribution < 1.29 is 41.8 Å². The van der Waals surface area contributed by atoms with Gasteiger partial charge in [-0.05, 0) is 24.6 Å². The van der Waals surface area contributed by atoms with Crippen LogP contribution in [-0.2, 0) is 29.0 Å². The lowest BCUT2D eigenvalue weighted by Crippen LogP contribution is -2.22. The SMILES string of the molecule is COC(=O)c1sc(NC(=O)COC(=O)c2ccccc2NS(C)(=O)=O)c(C(=O)OC)c1C. The monoisotopic (exact) mass is 484 g/mol. The summed E-state index contributed by atoms with van der Waals surface area (Å²) in [6.45, 7) is 0.758. The third-order valence-corrected chi connectivity index (χ3v) is 5.71. The Hall–Kier alpha value is -3.45. The Morgan fingerprint density at radius 3 is 2.22 bits per heavy atom. The van der Waals surface area contributed by atoms with Gasteiger partial charge in [-0.25, -0.2) is 22.8 Å². The smallest absolute Gasteiger partial charge is 0.348 e. The fraction of sp³-hybridized carbons (Fsp3) is 0.263. The van der Waals surface area contributed by atoms with Crippen molar-refractivity contribution in [1.29, 1.82) is 0 Å². The predicted molar refractivity (Wildman–Crippen MR) is 116 cm³/mol. The fourth-order valence-corrected chi connectivity index (χ4v) is 4.26.